The SMILES string of the molecule is CCc1nc(-c2cccc(-c3noc(CC)n3)n2)no1. The Bertz CT molecular complexity index is 661. The molecule has 0 saturated carbocycles. The van der Waals surface area contributed by atoms with Crippen LogP contribution in [-0.2, 0) is 12.8 Å². The number of aryl methyl sites for hydroxylation is 2. The Balaban J connectivity index is 1.96. The van der Waals surface area contributed by atoms with Crippen LogP contribution in [0.2, 0.25) is 0 Å². The highest BCUT2D eigenvalue weighted by atomic mass is 16.5. The second kappa shape index (κ2) is 5.20. The molecule has 0 saturated heterocycles. The zero-order valence-corrected chi connectivity index (χ0v) is 11.2. The van der Waals surface area contributed by atoms with Gasteiger partial charge < -0.3 is 9.05 Å². The molecule has 0 aromatic carbocycles. The molecule has 3 heterocycles. The molecule has 0 aliphatic rings. The molecule has 7 nitrogen and oxygen atoms in total. The molecule has 0 spiro atoms. The van der Waals surface area contributed by atoms with E-state index in [0.29, 0.717) is 47.7 Å². The highest BCUT2D eigenvalue weighted by molar-refractivity contribution is 5.56. The van der Waals surface area contributed by atoms with E-state index in [1.54, 1.807) is 0 Å². The summed E-state index contributed by atoms with van der Waals surface area (Å²) >= 11 is 0. The lowest BCUT2D eigenvalue weighted by molar-refractivity contribution is 0.382. The van der Waals surface area contributed by atoms with Crippen LogP contribution < -0.4 is 0 Å². The maximum Gasteiger partial charge on any atom is 0.226 e. The first-order valence-electron chi connectivity index (χ1n) is 6.43. The van der Waals surface area contributed by atoms with E-state index >= 15 is 0 Å². The number of rotatable bonds is 4. The van der Waals surface area contributed by atoms with Crippen LogP contribution >= 0.6 is 0 Å². The van der Waals surface area contributed by atoms with E-state index in [9.17, 15) is 0 Å². The van der Waals surface area contributed by atoms with Crippen LogP contribution in [0.25, 0.3) is 23.0 Å². The van der Waals surface area contributed by atoms with Gasteiger partial charge in [-0.25, -0.2) is 4.98 Å². The molecule has 20 heavy (non-hydrogen) atoms. The van der Waals surface area contributed by atoms with Gasteiger partial charge in [0, 0.05) is 12.8 Å². The lowest BCUT2D eigenvalue weighted by Crippen LogP contribution is -1.91. The van der Waals surface area contributed by atoms with Gasteiger partial charge in [-0.15, -0.1) is 0 Å². The minimum Gasteiger partial charge on any atom is -0.339 e. The Kier molecular flexibility index (Phi) is 3.24. The normalized spacial score (nSPS) is 10.9. The van der Waals surface area contributed by atoms with Gasteiger partial charge in [0.1, 0.15) is 11.4 Å². The molecule has 0 unspecified atom stereocenters. The zero-order chi connectivity index (χ0) is 13.9. The van der Waals surface area contributed by atoms with Crippen LogP contribution in [0.1, 0.15) is 25.6 Å². The molecule has 0 fully saturated rings. The molecule has 0 atom stereocenters. The summed E-state index contributed by atoms with van der Waals surface area (Å²) in [6, 6.07) is 5.48. The summed E-state index contributed by atoms with van der Waals surface area (Å²) in [6.07, 6.45) is 1.38. The Hall–Kier alpha value is -2.57. The average Bonchev–Trinajstić information content (AvgIpc) is 3.16. The lowest BCUT2D eigenvalue weighted by atomic mass is 10.3. The molecular weight excluding hydrogens is 258 g/mol. The molecule has 0 aliphatic carbocycles. The van der Waals surface area contributed by atoms with Crippen LogP contribution in [0.15, 0.2) is 27.2 Å². The number of aromatic nitrogens is 5. The summed E-state index contributed by atoms with van der Waals surface area (Å²) < 4.78 is 10.2. The van der Waals surface area contributed by atoms with E-state index in [4.69, 9.17) is 9.05 Å². The second-order valence-corrected chi connectivity index (χ2v) is 4.14. The summed E-state index contributed by atoms with van der Waals surface area (Å²) in [5, 5.41) is 7.80. The van der Waals surface area contributed by atoms with Gasteiger partial charge in [-0.1, -0.05) is 30.2 Å². The summed E-state index contributed by atoms with van der Waals surface area (Å²) in [5.74, 6) is 2.09. The maximum atomic E-state index is 5.08. The predicted octanol–water partition coefficient (Wildman–Crippen LogP) is 2.31. The van der Waals surface area contributed by atoms with Crippen LogP contribution in [0.3, 0.4) is 0 Å². The van der Waals surface area contributed by atoms with Crippen molar-refractivity contribution in [3.05, 3.63) is 30.0 Å². The highest BCUT2D eigenvalue weighted by Crippen LogP contribution is 2.19. The third-order valence-electron chi connectivity index (χ3n) is 2.75. The van der Waals surface area contributed by atoms with Gasteiger partial charge in [0.15, 0.2) is 0 Å². The van der Waals surface area contributed by atoms with Crippen molar-refractivity contribution in [1.82, 2.24) is 25.3 Å². The van der Waals surface area contributed by atoms with Crippen molar-refractivity contribution in [2.24, 2.45) is 0 Å². The molecule has 7 heteroatoms. The summed E-state index contributed by atoms with van der Waals surface area (Å²) in [7, 11) is 0. The van der Waals surface area contributed by atoms with Crippen LogP contribution in [0.4, 0.5) is 0 Å². The fourth-order valence-corrected chi connectivity index (χ4v) is 1.69. The first-order valence-corrected chi connectivity index (χ1v) is 6.43. The Morgan fingerprint density at radius 3 is 1.70 bits per heavy atom. The quantitative estimate of drug-likeness (QED) is 0.719. The third-order valence-corrected chi connectivity index (χ3v) is 2.75. The molecule has 0 aliphatic heterocycles. The molecule has 0 radical (unpaired) electrons. The van der Waals surface area contributed by atoms with E-state index in [-0.39, 0.29) is 0 Å². The molecule has 3 rings (SSSR count). The van der Waals surface area contributed by atoms with Gasteiger partial charge in [-0.05, 0) is 12.1 Å². The van der Waals surface area contributed by atoms with Gasteiger partial charge in [-0.2, -0.15) is 9.97 Å². The topological polar surface area (TPSA) is 90.7 Å². The fourth-order valence-electron chi connectivity index (χ4n) is 1.69. The largest absolute Gasteiger partial charge is 0.339 e. The summed E-state index contributed by atoms with van der Waals surface area (Å²) in [4.78, 5) is 12.9. The molecule has 102 valence electrons. The number of nitrogens with zero attached hydrogens (tertiary/aromatic N) is 5. The fraction of sp³-hybridized carbons (Fsp3) is 0.308. The summed E-state index contributed by atoms with van der Waals surface area (Å²) in [6.45, 7) is 3.90. The van der Waals surface area contributed by atoms with Crippen LogP contribution in [0, 0.1) is 0 Å². The van der Waals surface area contributed by atoms with E-state index in [1.807, 2.05) is 32.0 Å². The minimum absolute atomic E-state index is 0.461. The van der Waals surface area contributed by atoms with Crippen molar-refractivity contribution in [3.63, 3.8) is 0 Å². The summed E-state index contributed by atoms with van der Waals surface area (Å²) in [5.41, 5.74) is 1.24. The van der Waals surface area contributed by atoms with Crippen molar-refractivity contribution >= 4 is 0 Å². The smallest absolute Gasteiger partial charge is 0.226 e. The Morgan fingerprint density at radius 1 is 0.800 bits per heavy atom. The van der Waals surface area contributed by atoms with E-state index < -0.39 is 0 Å². The Morgan fingerprint density at radius 2 is 1.30 bits per heavy atom. The Labute approximate surface area is 115 Å². The van der Waals surface area contributed by atoms with E-state index in [2.05, 4.69) is 25.3 Å². The van der Waals surface area contributed by atoms with Crippen molar-refractivity contribution in [2.45, 2.75) is 26.7 Å². The molecule has 3 aromatic rings. The lowest BCUT2D eigenvalue weighted by Gasteiger charge is -1.96. The molecule has 3 aromatic heterocycles. The monoisotopic (exact) mass is 271 g/mol. The maximum absolute atomic E-state index is 5.08. The van der Waals surface area contributed by atoms with Crippen LogP contribution in [0.5, 0.6) is 0 Å². The first kappa shape index (κ1) is 12.5. The van der Waals surface area contributed by atoms with Crippen molar-refractivity contribution < 1.29 is 9.05 Å². The van der Waals surface area contributed by atoms with Gasteiger partial charge in [0.25, 0.3) is 0 Å². The molecular formula is C13H13N5O2. The van der Waals surface area contributed by atoms with Gasteiger partial charge >= 0.3 is 0 Å². The number of hydrogen-bond acceptors (Lipinski definition) is 7. The van der Waals surface area contributed by atoms with E-state index in [1.165, 1.54) is 0 Å². The average molecular weight is 271 g/mol. The molecule has 0 bridgehead atoms. The second-order valence-electron chi connectivity index (χ2n) is 4.14. The van der Waals surface area contributed by atoms with Gasteiger partial charge in [0.05, 0.1) is 0 Å². The van der Waals surface area contributed by atoms with Crippen molar-refractivity contribution in [2.75, 3.05) is 0 Å². The van der Waals surface area contributed by atoms with Crippen molar-refractivity contribution in [1.29, 1.82) is 0 Å². The standard InChI is InChI=1S/C13H13N5O2/c1-3-10-15-12(17-19-10)8-6-5-7-9(14-8)13-16-11(4-2)20-18-13/h5-7H,3-4H2,1-2H3. The molecule has 0 amide bonds. The zero-order valence-electron chi connectivity index (χ0n) is 11.2. The highest BCUT2D eigenvalue weighted by Gasteiger charge is 2.13. The van der Waals surface area contributed by atoms with Gasteiger partial charge in [0.2, 0.25) is 23.4 Å². The van der Waals surface area contributed by atoms with Crippen LogP contribution in [-0.4, -0.2) is 25.3 Å². The third kappa shape index (κ3) is 2.29. The van der Waals surface area contributed by atoms with Crippen molar-refractivity contribution in [3.8, 4) is 23.0 Å². The molecule has 0 N–H and O–H groups in total. The van der Waals surface area contributed by atoms with Gasteiger partial charge in [-0.3, -0.25) is 0 Å². The van der Waals surface area contributed by atoms with E-state index in [0.717, 1.165) is 0 Å². The minimum atomic E-state index is 0.461. The predicted molar refractivity (Wildman–Crippen MR) is 69.6 cm³/mol. The first-order chi connectivity index (χ1) is 9.80. The number of hydrogen-bond donors (Lipinski definition) is 0. The number of pyridine rings is 1.